The zero-order valence-electron chi connectivity index (χ0n) is 12.9. The minimum atomic E-state index is 0.728. The summed E-state index contributed by atoms with van der Waals surface area (Å²) in [5.74, 6) is 0. The van der Waals surface area contributed by atoms with E-state index in [1.165, 1.54) is 5.69 Å². The Balaban J connectivity index is 2.65. The Bertz CT molecular complexity index is 351. The maximum atomic E-state index is 5.46. The first-order valence-electron chi connectivity index (χ1n) is 7.31. The third kappa shape index (κ3) is 6.32. The van der Waals surface area contributed by atoms with E-state index in [-0.39, 0.29) is 0 Å². The van der Waals surface area contributed by atoms with Gasteiger partial charge in [0.15, 0.2) is 0 Å². The van der Waals surface area contributed by atoms with Gasteiger partial charge in [-0.05, 0) is 33.0 Å². The Morgan fingerprint density at radius 1 is 1.15 bits per heavy atom. The Labute approximate surface area is 122 Å². The molecule has 0 unspecified atom stereocenters. The van der Waals surface area contributed by atoms with Crippen LogP contribution >= 0.6 is 0 Å². The second-order valence-electron chi connectivity index (χ2n) is 4.42. The molecule has 5 nitrogen and oxygen atoms in total. The Morgan fingerprint density at radius 2 is 1.80 bits per heavy atom. The van der Waals surface area contributed by atoms with Crippen LogP contribution in [0.25, 0.3) is 0 Å². The van der Waals surface area contributed by atoms with E-state index in [1.807, 2.05) is 33.2 Å². The third-order valence-electron chi connectivity index (χ3n) is 2.94. The second kappa shape index (κ2) is 10.6. The summed E-state index contributed by atoms with van der Waals surface area (Å²) in [6, 6.07) is 4.16. The van der Waals surface area contributed by atoms with Crippen LogP contribution in [-0.2, 0) is 16.0 Å². The average Bonchev–Trinajstić information content (AvgIpc) is 2.47. The van der Waals surface area contributed by atoms with Gasteiger partial charge in [0, 0.05) is 44.7 Å². The van der Waals surface area contributed by atoms with E-state index in [1.54, 1.807) is 0 Å². The van der Waals surface area contributed by atoms with Crippen LogP contribution in [0.1, 0.15) is 19.5 Å². The fraction of sp³-hybridized carbons (Fsp3) is 0.667. The Kier molecular flexibility index (Phi) is 8.95. The van der Waals surface area contributed by atoms with Crippen molar-refractivity contribution in [2.75, 3.05) is 51.5 Å². The first kappa shape index (κ1) is 16.9. The highest BCUT2D eigenvalue weighted by Crippen LogP contribution is 2.14. The molecule has 114 valence electrons. The average molecular weight is 281 g/mol. The van der Waals surface area contributed by atoms with E-state index in [0.29, 0.717) is 0 Å². The fourth-order valence-corrected chi connectivity index (χ4v) is 1.95. The number of hydrogen-bond donors (Lipinski definition) is 1. The van der Waals surface area contributed by atoms with Gasteiger partial charge in [-0.1, -0.05) is 0 Å². The lowest BCUT2D eigenvalue weighted by atomic mass is 10.2. The number of ether oxygens (including phenoxy) is 2. The minimum absolute atomic E-state index is 0.728. The van der Waals surface area contributed by atoms with Crippen LogP contribution in [0.5, 0.6) is 0 Å². The predicted octanol–water partition coefficient (Wildman–Crippen LogP) is 1.68. The van der Waals surface area contributed by atoms with Crippen molar-refractivity contribution in [3.8, 4) is 0 Å². The van der Waals surface area contributed by atoms with E-state index < -0.39 is 0 Å². The number of anilines is 1. The molecular weight excluding hydrogens is 254 g/mol. The summed E-state index contributed by atoms with van der Waals surface area (Å²) < 4.78 is 10.9. The molecular formula is C15H27N3O2. The van der Waals surface area contributed by atoms with Gasteiger partial charge in [-0.2, -0.15) is 0 Å². The van der Waals surface area contributed by atoms with Crippen LogP contribution in [0, 0.1) is 0 Å². The van der Waals surface area contributed by atoms with Crippen molar-refractivity contribution < 1.29 is 9.47 Å². The van der Waals surface area contributed by atoms with Crippen LogP contribution in [0.3, 0.4) is 0 Å². The highest BCUT2D eigenvalue weighted by molar-refractivity contribution is 5.46. The molecule has 20 heavy (non-hydrogen) atoms. The monoisotopic (exact) mass is 281 g/mol. The maximum Gasteiger partial charge on any atom is 0.0641 e. The van der Waals surface area contributed by atoms with Crippen molar-refractivity contribution in [1.82, 2.24) is 10.3 Å². The van der Waals surface area contributed by atoms with Gasteiger partial charge < -0.3 is 19.7 Å². The zero-order chi connectivity index (χ0) is 14.6. The van der Waals surface area contributed by atoms with E-state index in [2.05, 4.69) is 21.3 Å². The molecule has 0 amide bonds. The normalized spacial score (nSPS) is 10.8. The lowest BCUT2D eigenvalue weighted by Crippen LogP contribution is -2.31. The zero-order valence-corrected chi connectivity index (χ0v) is 12.9. The number of pyridine rings is 1. The van der Waals surface area contributed by atoms with Gasteiger partial charge in [-0.15, -0.1) is 0 Å². The summed E-state index contributed by atoms with van der Waals surface area (Å²) in [6.07, 6.45) is 1.86. The molecule has 0 fully saturated rings. The topological polar surface area (TPSA) is 46.6 Å². The lowest BCUT2D eigenvalue weighted by Gasteiger charge is -2.25. The molecule has 1 rings (SSSR count). The van der Waals surface area contributed by atoms with Crippen molar-refractivity contribution in [2.24, 2.45) is 0 Å². The summed E-state index contributed by atoms with van der Waals surface area (Å²) in [6.45, 7) is 9.50. The van der Waals surface area contributed by atoms with Gasteiger partial charge in [-0.25, -0.2) is 0 Å². The minimum Gasteiger partial charge on any atom is -0.380 e. The molecule has 1 aromatic heterocycles. The quantitative estimate of drug-likeness (QED) is 0.625. The molecule has 5 heteroatoms. The molecule has 0 radical (unpaired) electrons. The summed E-state index contributed by atoms with van der Waals surface area (Å²) in [4.78, 5) is 6.64. The van der Waals surface area contributed by atoms with Crippen LogP contribution < -0.4 is 10.2 Å². The van der Waals surface area contributed by atoms with Gasteiger partial charge >= 0.3 is 0 Å². The van der Waals surface area contributed by atoms with Gasteiger partial charge in [0.25, 0.3) is 0 Å². The molecule has 0 aliphatic carbocycles. The van der Waals surface area contributed by atoms with E-state index in [0.717, 1.165) is 51.8 Å². The van der Waals surface area contributed by atoms with Crippen LogP contribution in [0.15, 0.2) is 18.3 Å². The van der Waals surface area contributed by atoms with Gasteiger partial charge in [-0.3, -0.25) is 4.98 Å². The lowest BCUT2D eigenvalue weighted by molar-refractivity contribution is 0.141. The molecule has 0 spiro atoms. The van der Waals surface area contributed by atoms with Gasteiger partial charge in [0.2, 0.25) is 0 Å². The molecule has 0 saturated heterocycles. The SMILES string of the molecule is CCOCCN(CCOCC)c1ccnc(CNC)c1. The Morgan fingerprint density at radius 3 is 2.35 bits per heavy atom. The molecule has 1 aromatic rings. The number of hydrogen-bond acceptors (Lipinski definition) is 5. The number of nitrogens with zero attached hydrogens (tertiary/aromatic N) is 2. The molecule has 0 aliphatic heterocycles. The molecule has 1 heterocycles. The van der Waals surface area contributed by atoms with E-state index in [9.17, 15) is 0 Å². The summed E-state index contributed by atoms with van der Waals surface area (Å²) in [5.41, 5.74) is 2.22. The summed E-state index contributed by atoms with van der Waals surface area (Å²) in [5, 5.41) is 3.12. The number of aromatic nitrogens is 1. The molecule has 0 aromatic carbocycles. The third-order valence-corrected chi connectivity index (χ3v) is 2.94. The highest BCUT2D eigenvalue weighted by Gasteiger charge is 2.07. The van der Waals surface area contributed by atoms with Crippen molar-refractivity contribution >= 4 is 5.69 Å². The van der Waals surface area contributed by atoms with Gasteiger partial charge in [0.05, 0.1) is 18.9 Å². The predicted molar refractivity (Wildman–Crippen MR) is 82.2 cm³/mol. The summed E-state index contributed by atoms with van der Waals surface area (Å²) in [7, 11) is 1.93. The fourth-order valence-electron chi connectivity index (χ4n) is 1.95. The molecule has 0 atom stereocenters. The largest absolute Gasteiger partial charge is 0.380 e. The van der Waals surface area contributed by atoms with Crippen LogP contribution in [-0.4, -0.2) is 51.5 Å². The molecule has 0 bridgehead atoms. The van der Waals surface area contributed by atoms with Crippen molar-refractivity contribution in [1.29, 1.82) is 0 Å². The van der Waals surface area contributed by atoms with E-state index in [4.69, 9.17) is 9.47 Å². The van der Waals surface area contributed by atoms with Gasteiger partial charge in [0.1, 0.15) is 0 Å². The second-order valence-corrected chi connectivity index (χ2v) is 4.42. The highest BCUT2D eigenvalue weighted by atomic mass is 16.5. The first-order chi connectivity index (χ1) is 9.81. The number of rotatable bonds is 11. The van der Waals surface area contributed by atoms with Crippen LogP contribution in [0.4, 0.5) is 5.69 Å². The number of nitrogens with one attached hydrogen (secondary N) is 1. The summed E-state index contributed by atoms with van der Waals surface area (Å²) >= 11 is 0. The first-order valence-corrected chi connectivity index (χ1v) is 7.31. The molecule has 0 saturated carbocycles. The Hall–Kier alpha value is -1.17. The van der Waals surface area contributed by atoms with Crippen LogP contribution in [0.2, 0.25) is 0 Å². The standard InChI is InChI=1S/C15H27N3O2/c1-4-19-10-8-18(9-11-20-5-2)15-6-7-17-14(12-15)13-16-3/h6-7,12,16H,4-5,8-11,13H2,1-3H3. The maximum absolute atomic E-state index is 5.46. The van der Waals surface area contributed by atoms with Crippen molar-refractivity contribution in [2.45, 2.75) is 20.4 Å². The smallest absolute Gasteiger partial charge is 0.0641 e. The molecule has 1 N–H and O–H groups in total. The molecule has 0 aliphatic rings. The van der Waals surface area contributed by atoms with Crippen molar-refractivity contribution in [3.63, 3.8) is 0 Å². The van der Waals surface area contributed by atoms with E-state index >= 15 is 0 Å². The van der Waals surface area contributed by atoms with Crippen molar-refractivity contribution in [3.05, 3.63) is 24.0 Å².